The van der Waals surface area contributed by atoms with E-state index in [1.807, 2.05) is 82.7 Å². The van der Waals surface area contributed by atoms with E-state index in [0.29, 0.717) is 35.3 Å². The minimum Gasteiger partial charge on any atom is -0.493 e. The second-order valence-corrected chi connectivity index (χ2v) is 10.2. The Balaban J connectivity index is 1.42. The molecule has 3 aromatic rings. The summed E-state index contributed by atoms with van der Waals surface area (Å²) in [5, 5.41) is 9.69. The Morgan fingerprint density at radius 1 is 1.05 bits per heavy atom. The van der Waals surface area contributed by atoms with Crippen molar-refractivity contribution >= 4 is 34.8 Å². The van der Waals surface area contributed by atoms with E-state index < -0.39 is 11.7 Å². The van der Waals surface area contributed by atoms with Crippen molar-refractivity contribution in [2.45, 2.75) is 52.7 Å². The SMILES string of the molecule is COc1cc(NC(=S)NCCCn2cncc2C)ccc1OCCc1ccc(NC(=O)OC(C)(C)C)cc1. The van der Waals surface area contributed by atoms with E-state index in [1.54, 1.807) is 7.11 Å². The van der Waals surface area contributed by atoms with Crippen LogP contribution in [0.25, 0.3) is 0 Å². The van der Waals surface area contributed by atoms with Gasteiger partial charge >= 0.3 is 6.09 Å². The number of benzene rings is 2. The molecule has 1 aromatic heterocycles. The summed E-state index contributed by atoms with van der Waals surface area (Å²) in [6, 6.07) is 13.2. The first-order valence-corrected chi connectivity index (χ1v) is 12.9. The monoisotopic (exact) mass is 539 g/mol. The van der Waals surface area contributed by atoms with Crippen molar-refractivity contribution in [3.63, 3.8) is 0 Å². The van der Waals surface area contributed by atoms with E-state index in [0.717, 1.165) is 36.5 Å². The third kappa shape index (κ3) is 9.59. The van der Waals surface area contributed by atoms with Crippen molar-refractivity contribution in [3.8, 4) is 11.5 Å². The van der Waals surface area contributed by atoms with E-state index in [9.17, 15) is 4.79 Å². The average Bonchev–Trinajstić information content (AvgIpc) is 3.27. The summed E-state index contributed by atoms with van der Waals surface area (Å²) in [6.07, 6.45) is 4.84. The van der Waals surface area contributed by atoms with Crippen LogP contribution in [-0.2, 0) is 17.7 Å². The molecule has 2 aromatic carbocycles. The molecule has 0 fully saturated rings. The lowest BCUT2D eigenvalue weighted by Gasteiger charge is -2.19. The summed E-state index contributed by atoms with van der Waals surface area (Å²) in [5.74, 6) is 1.26. The quantitative estimate of drug-likeness (QED) is 0.216. The van der Waals surface area contributed by atoms with E-state index in [4.69, 9.17) is 26.4 Å². The van der Waals surface area contributed by atoms with Gasteiger partial charge < -0.3 is 29.4 Å². The normalized spacial score (nSPS) is 11.0. The largest absolute Gasteiger partial charge is 0.493 e. The van der Waals surface area contributed by atoms with Crippen LogP contribution in [0.1, 0.15) is 38.4 Å². The summed E-state index contributed by atoms with van der Waals surface area (Å²) in [6.45, 7) is 9.63. The molecule has 0 saturated heterocycles. The molecule has 0 spiro atoms. The summed E-state index contributed by atoms with van der Waals surface area (Å²) in [7, 11) is 1.61. The predicted octanol–water partition coefficient (Wildman–Crippen LogP) is 5.55. The molecule has 3 N–H and O–H groups in total. The molecule has 0 aliphatic heterocycles. The van der Waals surface area contributed by atoms with Crippen molar-refractivity contribution in [2.75, 3.05) is 30.9 Å². The topological polar surface area (TPSA) is 98.7 Å². The Hall–Kier alpha value is -3.79. The van der Waals surface area contributed by atoms with E-state index in [-0.39, 0.29) is 0 Å². The first-order valence-electron chi connectivity index (χ1n) is 12.5. The lowest BCUT2D eigenvalue weighted by molar-refractivity contribution is 0.0636. The summed E-state index contributed by atoms with van der Waals surface area (Å²) in [4.78, 5) is 16.0. The van der Waals surface area contributed by atoms with Crippen molar-refractivity contribution < 1.29 is 19.0 Å². The molecular weight excluding hydrogens is 502 g/mol. The van der Waals surface area contributed by atoms with Crippen LogP contribution in [0.4, 0.5) is 16.2 Å². The maximum Gasteiger partial charge on any atom is 0.412 e. The molecule has 3 rings (SSSR count). The molecule has 1 amide bonds. The first-order chi connectivity index (χ1) is 18.1. The number of anilines is 2. The van der Waals surface area contributed by atoms with Crippen LogP contribution in [0.2, 0.25) is 0 Å². The van der Waals surface area contributed by atoms with Gasteiger partial charge in [-0.1, -0.05) is 12.1 Å². The second-order valence-electron chi connectivity index (χ2n) is 9.75. The fourth-order valence-electron chi connectivity index (χ4n) is 3.57. The summed E-state index contributed by atoms with van der Waals surface area (Å²) in [5.41, 5.74) is 3.17. The molecule has 10 heteroatoms. The lowest BCUT2D eigenvalue weighted by Crippen LogP contribution is -2.29. The van der Waals surface area contributed by atoms with Crippen LogP contribution in [0.15, 0.2) is 55.0 Å². The van der Waals surface area contributed by atoms with Crippen LogP contribution >= 0.6 is 12.2 Å². The third-order valence-electron chi connectivity index (χ3n) is 5.45. The Bertz CT molecular complexity index is 1200. The number of amides is 1. The summed E-state index contributed by atoms with van der Waals surface area (Å²) >= 11 is 5.42. The van der Waals surface area contributed by atoms with Crippen LogP contribution in [-0.4, -0.2) is 46.6 Å². The van der Waals surface area contributed by atoms with Crippen LogP contribution in [0, 0.1) is 6.92 Å². The van der Waals surface area contributed by atoms with Gasteiger partial charge in [0, 0.05) is 48.8 Å². The number of carbonyl (C=O) groups excluding carboxylic acids is 1. The number of nitrogens with zero attached hydrogens (tertiary/aromatic N) is 2. The fraction of sp³-hybridized carbons (Fsp3) is 0.393. The van der Waals surface area contributed by atoms with Crippen molar-refractivity contribution in [2.24, 2.45) is 0 Å². The van der Waals surface area contributed by atoms with Gasteiger partial charge in [-0.05, 0) is 76.2 Å². The first kappa shape index (κ1) is 28.8. The van der Waals surface area contributed by atoms with Gasteiger partial charge in [0.25, 0.3) is 0 Å². The molecule has 0 saturated carbocycles. The lowest BCUT2D eigenvalue weighted by atomic mass is 10.1. The van der Waals surface area contributed by atoms with Crippen LogP contribution in [0.3, 0.4) is 0 Å². The molecule has 0 bridgehead atoms. The number of aromatic nitrogens is 2. The van der Waals surface area contributed by atoms with E-state index in [1.165, 1.54) is 0 Å². The standard InChI is InChI=1S/C28H37N5O4S/c1-20-18-29-19-33(20)15-6-14-30-26(38)31-23-11-12-24(25(17-23)35-5)36-16-13-21-7-9-22(10-8-21)32-27(34)37-28(2,3)4/h7-12,17-19H,6,13-16H2,1-5H3,(H,32,34)(H2,30,31,38). The number of hydrogen-bond donors (Lipinski definition) is 3. The molecule has 0 aliphatic carbocycles. The molecule has 38 heavy (non-hydrogen) atoms. The van der Waals surface area contributed by atoms with Gasteiger partial charge in [0.15, 0.2) is 16.6 Å². The van der Waals surface area contributed by atoms with Gasteiger partial charge in [-0.25, -0.2) is 9.78 Å². The number of hydrogen-bond acceptors (Lipinski definition) is 6. The minimum atomic E-state index is -0.541. The minimum absolute atomic E-state index is 0.471. The highest BCUT2D eigenvalue weighted by Gasteiger charge is 2.16. The van der Waals surface area contributed by atoms with Crippen LogP contribution < -0.4 is 25.4 Å². The number of ether oxygens (including phenoxy) is 3. The fourth-order valence-corrected chi connectivity index (χ4v) is 3.79. The predicted molar refractivity (Wildman–Crippen MR) is 154 cm³/mol. The maximum atomic E-state index is 11.9. The molecule has 0 unspecified atom stereocenters. The van der Waals surface area contributed by atoms with Crippen molar-refractivity contribution in [3.05, 3.63) is 66.2 Å². The van der Waals surface area contributed by atoms with Gasteiger partial charge in [-0.2, -0.15) is 0 Å². The van der Waals surface area contributed by atoms with Crippen LogP contribution in [0.5, 0.6) is 11.5 Å². The Morgan fingerprint density at radius 2 is 1.79 bits per heavy atom. The number of carbonyl (C=O) groups is 1. The molecule has 0 aliphatic rings. The second kappa shape index (κ2) is 13.7. The molecule has 9 nitrogen and oxygen atoms in total. The number of nitrogens with one attached hydrogen (secondary N) is 3. The van der Waals surface area contributed by atoms with Gasteiger partial charge in [0.05, 0.1) is 20.0 Å². The highest BCUT2D eigenvalue weighted by Crippen LogP contribution is 2.30. The smallest absolute Gasteiger partial charge is 0.412 e. The Morgan fingerprint density at radius 3 is 2.45 bits per heavy atom. The summed E-state index contributed by atoms with van der Waals surface area (Å²) < 4.78 is 18.9. The molecular formula is C28H37N5O4S. The van der Waals surface area contributed by atoms with E-state index in [2.05, 4.69) is 25.5 Å². The highest BCUT2D eigenvalue weighted by atomic mass is 32.1. The number of imidazole rings is 1. The Kier molecular flexibility index (Phi) is 10.3. The number of rotatable bonds is 11. The zero-order valence-electron chi connectivity index (χ0n) is 22.7. The van der Waals surface area contributed by atoms with Gasteiger partial charge in [0.1, 0.15) is 5.60 Å². The maximum absolute atomic E-state index is 11.9. The van der Waals surface area contributed by atoms with Gasteiger partial charge in [0.2, 0.25) is 0 Å². The highest BCUT2D eigenvalue weighted by molar-refractivity contribution is 7.80. The number of aryl methyl sites for hydroxylation is 2. The van der Waals surface area contributed by atoms with Gasteiger partial charge in [-0.3, -0.25) is 5.32 Å². The van der Waals surface area contributed by atoms with Gasteiger partial charge in [-0.15, -0.1) is 0 Å². The van der Waals surface area contributed by atoms with Crippen molar-refractivity contribution in [1.82, 2.24) is 14.9 Å². The zero-order valence-corrected chi connectivity index (χ0v) is 23.5. The van der Waals surface area contributed by atoms with Crippen molar-refractivity contribution in [1.29, 1.82) is 0 Å². The third-order valence-corrected chi connectivity index (χ3v) is 5.70. The average molecular weight is 540 g/mol. The van der Waals surface area contributed by atoms with E-state index >= 15 is 0 Å². The Labute approximate surface area is 229 Å². The molecule has 1 heterocycles. The number of methoxy groups -OCH3 is 1. The molecule has 0 radical (unpaired) electrons. The zero-order chi connectivity index (χ0) is 27.5. The molecule has 204 valence electrons. The number of thiocarbonyl (C=S) groups is 1. The molecule has 0 atom stereocenters.